The molecule has 0 aliphatic rings. The van der Waals surface area contributed by atoms with Crippen molar-refractivity contribution >= 4 is 11.9 Å². The quantitative estimate of drug-likeness (QED) is 0.0351. The highest BCUT2D eigenvalue weighted by Crippen LogP contribution is 2.11. The van der Waals surface area contributed by atoms with Crippen LogP contribution in [0.4, 0.5) is 0 Å². The molecule has 5 heteroatoms. The minimum absolute atomic E-state index is 0.00172. The van der Waals surface area contributed by atoms with Gasteiger partial charge in [0, 0.05) is 13.0 Å². The van der Waals surface area contributed by atoms with Gasteiger partial charge in [0.15, 0.2) is 6.10 Å². The highest BCUT2D eigenvalue weighted by molar-refractivity contribution is 5.71. The Balaban J connectivity index is 4.52. The molecule has 0 saturated heterocycles. The van der Waals surface area contributed by atoms with Crippen LogP contribution in [0, 0.1) is 0 Å². The Labute approximate surface area is 356 Å². The lowest BCUT2D eigenvalue weighted by atomic mass is 10.1. The molecule has 0 bridgehead atoms. The van der Waals surface area contributed by atoms with E-state index in [0.29, 0.717) is 13.0 Å². The molecule has 0 aromatic rings. The second-order valence-corrected chi connectivity index (χ2v) is 14.6. The third-order valence-electron chi connectivity index (χ3n) is 9.00. The van der Waals surface area contributed by atoms with E-state index in [9.17, 15) is 9.59 Å². The SMILES string of the molecule is CC/C=C\C/C=C\C/C=C\C/C=C\C/C=C\CC(=O)OCC(COCCC/C=C\C/C=C\C/C=C\C/C=C\CC)OC(=O)CCCCCCC/C=C\CCCCCC. The van der Waals surface area contributed by atoms with Crippen LogP contribution in [0.5, 0.6) is 0 Å². The Bertz CT molecular complexity index is 1220. The highest BCUT2D eigenvalue weighted by Gasteiger charge is 2.17. The van der Waals surface area contributed by atoms with E-state index in [2.05, 4.69) is 130 Å². The van der Waals surface area contributed by atoms with Gasteiger partial charge in [-0.15, -0.1) is 0 Å². The number of rotatable bonds is 40. The van der Waals surface area contributed by atoms with E-state index in [-0.39, 0.29) is 31.6 Å². The summed E-state index contributed by atoms with van der Waals surface area (Å²) >= 11 is 0. The van der Waals surface area contributed by atoms with Gasteiger partial charge in [0.05, 0.1) is 13.0 Å². The van der Waals surface area contributed by atoms with Crippen molar-refractivity contribution in [2.75, 3.05) is 19.8 Å². The van der Waals surface area contributed by atoms with Crippen LogP contribution in [-0.2, 0) is 23.8 Å². The average Bonchev–Trinajstić information content (AvgIpc) is 3.22. The van der Waals surface area contributed by atoms with Crippen LogP contribution in [0.3, 0.4) is 0 Å². The summed E-state index contributed by atoms with van der Waals surface area (Å²) in [4.78, 5) is 25.2. The molecule has 326 valence electrons. The van der Waals surface area contributed by atoms with Crippen LogP contribution < -0.4 is 0 Å². The lowest BCUT2D eigenvalue weighted by Gasteiger charge is -2.18. The molecule has 5 nitrogen and oxygen atoms in total. The standard InChI is InChI=1S/C53H84O5/c1-4-7-10-13-16-19-22-25-27-29-31-34-37-40-43-46-52(54)57-50-51(49-56-48-45-42-39-36-33-30-26-23-20-17-14-11-8-5-2)58-53(55)47-44-41-38-35-32-28-24-21-18-15-12-9-6-3/h7-8,10-11,16-17,19-21,24-27,30-31,34,36,39-40,43,51H,4-6,9,12-15,18,22-23,28-29,32-33,35,37-38,41-42,44-50H2,1-3H3/b10-7-,11-8-,19-16-,20-17-,24-21-,27-25-,30-26-,34-31-,39-36-,43-40-. The number of ether oxygens (including phenoxy) is 3. The van der Waals surface area contributed by atoms with Crippen LogP contribution in [-0.4, -0.2) is 37.9 Å². The molecule has 0 N–H and O–H groups in total. The number of hydrogen-bond acceptors (Lipinski definition) is 5. The summed E-state index contributed by atoms with van der Waals surface area (Å²) in [5, 5.41) is 0. The van der Waals surface area contributed by atoms with Gasteiger partial charge in [-0.3, -0.25) is 9.59 Å². The third kappa shape index (κ3) is 45.0. The first-order valence-electron chi connectivity index (χ1n) is 23.1. The molecule has 0 aliphatic carbocycles. The number of esters is 2. The average molecular weight is 801 g/mol. The molecule has 0 radical (unpaired) electrons. The van der Waals surface area contributed by atoms with Crippen LogP contribution in [0.1, 0.15) is 175 Å². The first-order valence-corrected chi connectivity index (χ1v) is 23.1. The fourth-order valence-electron chi connectivity index (χ4n) is 5.64. The zero-order valence-corrected chi connectivity index (χ0v) is 37.3. The van der Waals surface area contributed by atoms with E-state index in [1.165, 1.54) is 44.9 Å². The molecule has 1 unspecified atom stereocenters. The van der Waals surface area contributed by atoms with Crippen LogP contribution >= 0.6 is 0 Å². The molecule has 0 heterocycles. The van der Waals surface area contributed by atoms with Crippen molar-refractivity contribution in [3.63, 3.8) is 0 Å². The summed E-state index contributed by atoms with van der Waals surface area (Å²) < 4.78 is 17.1. The fourth-order valence-corrected chi connectivity index (χ4v) is 5.64. The molecule has 0 aromatic carbocycles. The summed E-state index contributed by atoms with van der Waals surface area (Å²) in [6.07, 6.45) is 66.6. The molecule has 0 spiro atoms. The molecule has 0 saturated carbocycles. The Kier molecular flexibility index (Phi) is 44.6. The first-order chi connectivity index (χ1) is 28.6. The lowest BCUT2D eigenvalue weighted by Crippen LogP contribution is -2.30. The topological polar surface area (TPSA) is 61.8 Å². The Morgan fingerprint density at radius 2 is 0.828 bits per heavy atom. The van der Waals surface area contributed by atoms with Crippen molar-refractivity contribution < 1.29 is 23.8 Å². The summed E-state index contributed by atoms with van der Waals surface area (Å²) in [6, 6.07) is 0. The van der Waals surface area contributed by atoms with Gasteiger partial charge in [0.2, 0.25) is 0 Å². The highest BCUT2D eigenvalue weighted by atomic mass is 16.6. The van der Waals surface area contributed by atoms with E-state index in [1.807, 2.05) is 12.2 Å². The second kappa shape index (κ2) is 47.7. The molecule has 0 amide bonds. The van der Waals surface area contributed by atoms with E-state index in [4.69, 9.17) is 14.2 Å². The Morgan fingerprint density at radius 3 is 1.34 bits per heavy atom. The summed E-state index contributed by atoms with van der Waals surface area (Å²) in [6.45, 7) is 7.30. The second-order valence-electron chi connectivity index (χ2n) is 14.6. The van der Waals surface area contributed by atoms with E-state index < -0.39 is 6.10 Å². The van der Waals surface area contributed by atoms with Crippen molar-refractivity contribution in [2.24, 2.45) is 0 Å². The van der Waals surface area contributed by atoms with Gasteiger partial charge < -0.3 is 14.2 Å². The molecule has 58 heavy (non-hydrogen) atoms. The van der Waals surface area contributed by atoms with Crippen LogP contribution in [0.25, 0.3) is 0 Å². The molecule has 0 rings (SSSR count). The zero-order valence-electron chi connectivity index (χ0n) is 37.3. The first kappa shape index (κ1) is 54.3. The fraction of sp³-hybridized carbons (Fsp3) is 0.585. The number of carbonyl (C=O) groups excluding carboxylic acids is 2. The summed E-state index contributed by atoms with van der Waals surface area (Å²) in [7, 11) is 0. The van der Waals surface area contributed by atoms with Crippen molar-refractivity contribution in [1.29, 1.82) is 0 Å². The van der Waals surface area contributed by atoms with E-state index in [1.54, 1.807) is 0 Å². The molecule has 0 fully saturated rings. The maximum absolute atomic E-state index is 12.7. The summed E-state index contributed by atoms with van der Waals surface area (Å²) in [5.74, 6) is -0.596. The van der Waals surface area contributed by atoms with Crippen molar-refractivity contribution in [1.82, 2.24) is 0 Å². The van der Waals surface area contributed by atoms with Gasteiger partial charge in [-0.25, -0.2) is 0 Å². The molecule has 1 atom stereocenters. The maximum Gasteiger partial charge on any atom is 0.309 e. The molecular weight excluding hydrogens is 717 g/mol. The monoisotopic (exact) mass is 801 g/mol. The molecule has 0 aromatic heterocycles. The predicted octanol–water partition coefficient (Wildman–Crippen LogP) is 15.4. The van der Waals surface area contributed by atoms with E-state index in [0.717, 1.165) is 96.3 Å². The zero-order chi connectivity index (χ0) is 42.1. The molecule has 0 aliphatic heterocycles. The normalized spacial score (nSPS) is 13.4. The van der Waals surface area contributed by atoms with Crippen molar-refractivity contribution in [2.45, 2.75) is 181 Å². The minimum atomic E-state index is -0.615. The molecular formula is C53H84O5. The number of carbonyl (C=O) groups is 2. The van der Waals surface area contributed by atoms with Gasteiger partial charge >= 0.3 is 11.9 Å². The van der Waals surface area contributed by atoms with Gasteiger partial charge in [0.1, 0.15) is 6.61 Å². The van der Waals surface area contributed by atoms with Crippen LogP contribution in [0.2, 0.25) is 0 Å². The van der Waals surface area contributed by atoms with Crippen molar-refractivity contribution in [3.05, 3.63) is 122 Å². The third-order valence-corrected chi connectivity index (χ3v) is 9.00. The number of hydrogen-bond donors (Lipinski definition) is 0. The van der Waals surface area contributed by atoms with Gasteiger partial charge in [-0.05, 0) is 103 Å². The largest absolute Gasteiger partial charge is 0.461 e. The number of unbranched alkanes of at least 4 members (excludes halogenated alkanes) is 10. The van der Waals surface area contributed by atoms with Gasteiger partial charge in [-0.2, -0.15) is 0 Å². The Morgan fingerprint density at radius 1 is 0.414 bits per heavy atom. The van der Waals surface area contributed by atoms with Crippen LogP contribution in [0.15, 0.2) is 122 Å². The van der Waals surface area contributed by atoms with Crippen molar-refractivity contribution in [3.8, 4) is 0 Å². The van der Waals surface area contributed by atoms with E-state index >= 15 is 0 Å². The maximum atomic E-state index is 12.7. The Hall–Kier alpha value is -3.70. The van der Waals surface area contributed by atoms with Gasteiger partial charge in [0.25, 0.3) is 0 Å². The van der Waals surface area contributed by atoms with Gasteiger partial charge in [-0.1, -0.05) is 181 Å². The smallest absolute Gasteiger partial charge is 0.309 e. The lowest BCUT2D eigenvalue weighted by molar-refractivity contribution is -0.162. The minimum Gasteiger partial charge on any atom is -0.461 e. The summed E-state index contributed by atoms with van der Waals surface area (Å²) in [5.41, 5.74) is 0. The number of allylic oxidation sites excluding steroid dienone is 19. The predicted molar refractivity (Wildman–Crippen MR) is 251 cm³/mol.